The zero-order valence-corrected chi connectivity index (χ0v) is 14.8. The Morgan fingerprint density at radius 3 is 2.55 bits per heavy atom. The van der Waals surface area contributed by atoms with Crippen LogP contribution >= 0.6 is 0 Å². The minimum atomic E-state index is 0.511. The summed E-state index contributed by atoms with van der Waals surface area (Å²) >= 11 is 0. The van der Waals surface area contributed by atoms with Crippen molar-refractivity contribution in [1.29, 1.82) is 0 Å². The van der Waals surface area contributed by atoms with E-state index in [0.717, 1.165) is 11.8 Å². The van der Waals surface area contributed by atoms with E-state index in [1.165, 1.54) is 51.4 Å². The maximum absolute atomic E-state index is 2.60. The van der Waals surface area contributed by atoms with Crippen LogP contribution in [0, 0.1) is 22.7 Å². The largest absolute Gasteiger partial charge is 0.0735 e. The van der Waals surface area contributed by atoms with Crippen molar-refractivity contribution in [3.8, 4) is 0 Å². The van der Waals surface area contributed by atoms with Gasteiger partial charge in [0.1, 0.15) is 0 Å². The molecule has 0 saturated heterocycles. The SMILES string of the molecule is CC[C@@H](C)CCC1=C(C)CC[C@H]2C(C)(C)CCC[C@]12C. The molecule has 116 valence electrons. The molecule has 2 aliphatic rings. The summed E-state index contributed by atoms with van der Waals surface area (Å²) in [6.07, 6.45) is 11.2. The normalized spacial score (nSPS) is 34.8. The lowest BCUT2D eigenvalue weighted by Crippen LogP contribution is -2.45. The summed E-state index contributed by atoms with van der Waals surface area (Å²) < 4.78 is 0. The Labute approximate surface area is 127 Å². The smallest absolute Gasteiger partial charge is 0.00804 e. The summed E-state index contributed by atoms with van der Waals surface area (Å²) in [7, 11) is 0. The molecular formula is C20H36. The van der Waals surface area contributed by atoms with Crippen molar-refractivity contribution in [3.05, 3.63) is 11.1 Å². The molecule has 0 aliphatic heterocycles. The van der Waals surface area contributed by atoms with Crippen LogP contribution in [0.3, 0.4) is 0 Å². The Hall–Kier alpha value is -0.260. The standard InChI is InChI=1S/C20H36/c1-7-15(2)9-11-17-16(3)10-12-18-19(4,5)13-8-14-20(17,18)6/h15,18H,7-14H2,1-6H3/t15-,18+,20-/m1/s1. The van der Waals surface area contributed by atoms with Crippen LogP contribution in [0.2, 0.25) is 0 Å². The number of hydrogen-bond donors (Lipinski definition) is 0. The van der Waals surface area contributed by atoms with Crippen LogP contribution in [0.5, 0.6) is 0 Å². The predicted octanol–water partition coefficient (Wildman–Crippen LogP) is 6.76. The summed E-state index contributed by atoms with van der Waals surface area (Å²) in [6.45, 7) is 14.8. The Bertz CT molecular complexity index is 373. The maximum Gasteiger partial charge on any atom is -0.00804 e. The average Bonchev–Trinajstić information content (AvgIpc) is 2.36. The average molecular weight is 277 g/mol. The third-order valence-electron chi connectivity index (χ3n) is 6.83. The van der Waals surface area contributed by atoms with Gasteiger partial charge in [-0.05, 0) is 68.1 Å². The van der Waals surface area contributed by atoms with E-state index in [9.17, 15) is 0 Å². The molecule has 0 heteroatoms. The van der Waals surface area contributed by atoms with E-state index in [4.69, 9.17) is 0 Å². The van der Waals surface area contributed by atoms with Crippen LogP contribution in [0.1, 0.15) is 92.9 Å². The molecule has 0 spiro atoms. The third kappa shape index (κ3) is 2.85. The molecule has 0 aromatic rings. The van der Waals surface area contributed by atoms with Crippen LogP contribution in [0.4, 0.5) is 0 Å². The molecule has 0 heterocycles. The van der Waals surface area contributed by atoms with Crippen molar-refractivity contribution < 1.29 is 0 Å². The third-order valence-corrected chi connectivity index (χ3v) is 6.83. The Kier molecular flexibility index (Phi) is 4.72. The van der Waals surface area contributed by atoms with Gasteiger partial charge in [0.25, 0.3) is 0 Å². The molecule has 20 heavy (non-hydrogen) atoms. The molecule has 0 amide bonds. The van der Waals surface area contributed by atoms with Gasteiger partial charge in [0.2, 0.25) is 0 Å². The van der Waals surface area contributed by atoms with Gasteiger partial charge in [-0.25, -0.2) is 0 Å². The molecule has 0 radical (unpaired) electrons. The highest BCUT2D eigenvalue weighted by Gasteiger charge is 2.49. The quantitative estimate of drug-likeness (QED) is 0.498. The van der Waals surface area contributed by atoms with Crippen LogP contribution < -0.4 is 0 Å². The summed E-state index contributed by atoms with van der Waals surface area (Å²) in [4.78, 5) is 0. The highest BCUT2D eigenvalue weighted by molar-refractivity contribution is 5.27. The lowest BCUT2D eigenvalue weighted by atomic mass is 9.50. The first-order valence-corrected chi connectivity index (χ1v) is 9.00. The van der Waals surface area contributed by atoms with E-state index >= 15 is 0 Å². The van der Waals surface area contributed by atoms with Crippen molar-refractivity contribution >= 4 is 0 Å². The van der Waals surface area contributed by atoms with Gasteiger partial charge < -0.3 is 0 Å². The Morgan fingerprint density at radius 2 is 1.90 bits per heavy atom. The van der Waals surface area contributed by atoms with Crippen LogP contribution in [0.15, 0.2) is 11.1 Å². The Balaban J connectivity index is 2.24. The van der Waals surface area contributed by atoms with Crippen molar-refractivity contribution in [1.82, 2.24) is 0 Å². The molecule has 0 aromatic carbocycles. The van der Waals surface area contributed by atoms with E-state index < -0.39 is 0 Å². The molecule has 0 bridgehead atoms. The van der Waals surface area contributed by atoms with Crippen molar-refractivity contribution in [2.24, 2.45) is 22.7 Å². The lowest BCUT2D eigenvalue weighted by molar-refractivity contribution is 0.00994. The zero-order chi connectivity index (χ0) is 15.0. The summed E-state index contributed by atoms with van der Waals surface area (Å²) in [5.74, 6) is 1.80. The van der Waals surface area contributed by atoms with Gasteiger partial charge in [-0.1, -0.05) is 58.6 Å². The minimum Gasteiger partial charge on any atom is -0.0735 e. The van der Waals surface area contributed by atoms with E-state index in [1.807, 2.05) is 5.57 Å². The maximum atomic E-state index is 2.60. The molecule has 2 rings (SSSR count). The van der Waals surface area contributed by atoms with Gasteiger partial charge in [-0.2, -0.15) is 0 Å². The second-order valence-electron chi connectivity index (χ2n) is 8.66. The van der Waals surface area contributed by atoms with Crippen LogP contribution in [0.25, 0.3) is 0 Å². The molecule has 0 unspecified atom stereocenters. The van der Waals surface area contributed by atoms with Crippen LogP contribution in [-0.4, -0.2) is 0 Å². The topological polar surface area (TPSA) is 0 Å². The van der Waals surface area contributed by atoms with E-state index in [0.29, 0.717) is 10.8 Å². The number of allylic oxidation sites excluding steroid dienone is 2. The first-order valence-electron chi connectivity index (χ1n) is 9.00. The summed E-state index contributed by atoms with van der Waals surface area (Å²) in [6, 6.07) is 0. The monoisotopic (exact) mass is 276 g/mol. The molecule has 2 aliphatic carbocycles. The van der Waals surface area contributed by atoms with Crippen molar-refractivity contribution in [2.75, 3.05) is 0 Å². The lowest BCUT2D eigenvalue weighted by Gasteiger charge is -2.55. The summed E-state index contributed by atoms with van der Waals surface area (Å²) in [5.41, 5.74) is 4.67. The fourth-order valence-electron chi connectivity index (χ4n) is 5.29. The number of rotatable bonds is 4. The van der Waals surface area contributed by atoms with E-state index in [2.05, 4.69) is 41.5 Å². The van der Waals surface area contributed by atoms with Gasteiger partial charge in [0.15, 0.2) is 0 Å². The number of fused-ring (bicyclic) bond motifs is 1. The fourth-order valence-corrected chi connectivity index (χ4v) is 5.29. The fraction of sp³-hybridized carbons (Fsp3) is 0.900. The predicted molar refractivity (Wildman–Crippen MR) is 89.9 cm³/mol. The van der Waals surface area contributed by atoms with E-state index in [-0.39, 0.29) is 0 Å². The van der Waals surface area contributed by atoms with E-state index in [1.54, 1.807) is 5.57 Å². The molecule has 3 atom stereocenters. The van der Waals surface area contributed by atoms with Crippen LogP contribution in [-0.2, 0) is 0 Å². The molecule has 1 fully saturated rings. The van der Waals surface area contributed by atoms with Crippen molar-refractivity contribution in [3.63, 3.8) is 0 Å². The summed E-state index contributed by atoms with van der Waals surface area (Å²) in [5, 5.41) is 0. The second-order valence-corrected chi connectivity index (χ2v) is 8.66. The van der Waals surface area contributed by atoms with Crippen molar-refractivity contribution in [2.45, 2.75) is 92.9 Å². The highest BCUT2D eigenvalue weighted by atomic mass is 14.5. The van der Waals surface area contributed by atoms with Gasteiger partial charge in [-0.3, -0.25) is 0 Å². The number of hydrogen-bond acceptors (Lipinski definition) is 0. The highest BCUT2D eigenvalue weighted by Crippen LogP contribution is 2.60. The molecule has 0 nitrogen and oxygen atoms in total. The Morgan fingerprint density at radius 1 is 1.20 bits per heavy atom. The molecule has 0 aromatic heterocycles. The first-order chi connectivity index (χ1) is 9.31. The second kappa shape index (κ2) is 5.85. The van der Waals surface area contributed by atoms with Gasteiger partial charge in [0.05, 0.1) is 0 Å². The zero-order valence-electron chi connectivity index (χ0n) is 14.8. The first kappa shape index (κ1) is 16.1. The van der Waals surface area contributed by atoms with Gasteiger partial charge in [0, 0.05) is 0 Å². The van der Waals surface area contributed by atoms with Gasteiger partial charge >= 0.3 is 0 Å². The molecular weight excluding hydrogens is 240 g/mol. The van der Waals surface area contributed by atoms with Gasteiger partial charge in [-0.15, -0.1) is 0 Å². The molecule has 1 saturated carbocycles. The minimum absolute atomic E-state index is 0.511. The molecule has 0 N–H and O–H groups in total.